The number of pyridine rings is 1. The van der Waals surface area contributed by atoms with Crippen molar-refractivity contribution in [3.63, 3.8) is 0 Å². The van der Waals surface area contributed by atoms with Gasteiger partial charge in [0.2, 0.25) is 0 Å². The third kappa shape index (κ3) is 2.73. The summed E-state index contributed by atoms with van der Waals surface area (Å²) in [6.45, 7) is 1.10. The number of hydrogen-bond acceptors (Lipinski definition) is 4. The summed E-state index contributed by atoms with van der Waals surface area (Å²) in [5, 5.41) is 9.00. The lowest BCUT2D eigenvalue weighted by molar-refractivity contribution is 0.116. The van der Waals surface area contributed by atoms with Gasteiger partial charge in [0.1, 0.15) is 0 Å². The Kier molecular flexibility index (Phi) is 3.91. The molecule has 1 saturated heterocycles. The van der Waals surface area contributed by atoms with Gasteiger partial charge in [-0.3, -0.25) is 0 Å². The third-order valence-corrected chi connectivity index (χ3v) is 2.98. The van der Waals surface area contributed by atoms with Crippen molar-refractivity contribution < 1.29 is 14.2 Å². The van der Waals surface area contributed by atoms with Gasteiger partial charge in [-0.25, -0.2) is 9.37 Å². The molecule has 5 heteroatoms. The molecule has 1 atom stereocenters. The lowest BCUT2D eigenvalue weighted by atomic mass is 10.2. The number of aliphatic hydroxyl groups is 1. The van der Waals surface area contributed by atoms with Gasteiger partial charge in [0, 0.05) is 32.0 Å². The summed E-state index contributed by atoms with van der Waals surface area (Å²) in [5.41, 5.74) is 0.272. The summed E-state index contributed by atoms with van der Waals surface area (Å²) in [6.07, 6.45) is 3.73. The van der Waals surface area contributed by atoms with Crippen molar-refractivity contribution in [3.8, 4) is 0 Å². The summed E-state index contributed by atoms with van der Waals surface area (Å²) >= 11 is 0. The van der Waals surface area contributed by atoms with Crippen LogP contribution < -0.4 is 4.90 Å². The third-order valence-electron chi connectivity index (χ3n) is 2.98. The zero-order valence-electron chi connectivity index (χ0n) is 9.90. The van der Waals surface area contributed by atoms with E-state index in [-0.39, 0.29) is 24.1 Å². The molecule has 94 valence electrons. The summed E-state index contributed by atoms with van der Waals surface area (Å²) in [7, 11) is 1.79. The van der Waals surface area contributed by atoms with Gasteiger partial charge in [-0.2, -0.15) is 0 Å². The van der Waals surface area contributed by atoms with E-state index in [1.54, 1.807) is 11.9 Å². The van der Waals surface area contributed by atoms with Crippen molar-refractivity contribution in [2.24, 2.45) is 0 Å². The highest BCUT2D eigenvalue weighted by molar-refractivity contribution is 5.42. The molecule has 4 nitrogen and oxygen atoms in total. The second kappa shape index (κ2) is 5.42. The quantitative estimate of drug-likeness (QED) is 0.862. The van der Waals surface area contributed by atoms with Crippen LogP contribution >= 0.6 is 0 Å². The van der Waals surface area contributed by atoms with Crippen molar-refractivity contribution in [2.75, 3.05) is 25.1 Å². The Hall–Kier alpha value is -1.20. The first-order chi connectivity index (χ1) is 8.22. The molecule has 0 aromatic carbocycles. The van der Waals surface area contributed by atoms with E-state index in [2.05, 4.69) is 4.98 Å². The maximum absolute atomic E-state index is 13.9. The van der Waals surface area contributed by atoms with E-state index in [1.807, 2.05) is 0 Å². The number of aliphatic hydroxyl groups excluding tert-OH is 1. The van der Waals surface area contributed by atoms with Gasteiger partial charge < -0.3 is 14.7 Å². The normalized spacial score (nSPS) is 19.6. The molecule has 0 amide bonds. The highest BCUT2D eigenvalue weighted by atomic mass is 19.1. The Balaban J connectivity index is 2.09. The van der Waals surface area contributed by atoms with Gasteiger partial charge in [0.05, 0.1) is 12.7 Å². The van der Waals surface area contributed by atoms with Crippen LogP contribution in [-0.2, 0) is 11.3 Å². The second-order valence-corrected chi connectivity index (χ2v) is 4.28. The maximum Gasteiger partial charge on any atom is 0.171 e. The van der Waals surface area contributed by atoms with Gasteiger partial charge in [0.25, 0.3) is 0 Å². The Morgan fingerprint density at radius 1 is 1.65 bits per heavy atom. The van der Waals surface area contributed by atoms with Crippen molar-refractivity contribution in [1.82, 2.24) is 4.98 Å². The second-order valence-electron chi connectivity index (χ2n) is 4.28. The molecule has 0 spiro atoms. The molecule has 1 aromatic heterocycles. The number of halogens is 1. The van der Waals surface area contributed by atoms with Crippen LogP contribution in [0.15, 0.2) is 12.3 Å². The first-order valence-electron chi connectivity index (χ1n) is 5.79. The number of hydrogen-bond donors (Lipinski definition) is 1. The smallest absolute Gasteiger partial charge is 0.171 e. The van der Waals surface area contributed by atoms with Crippen LogP contribution in [0.1, 0.15) is 18.4 Å². The van der Waals surface area contributed by atoms with Crippen LogP contribution in [0.2, 0.25) is 0 Å². The molecule has 1 N–H and O–H groups in total. The minimum absolute atomic E-state index is 0.152. The van der Waals surface area contributed by atoms with E-state index in [1.165, 1.54) is 12.3 Å². The number of anilines is 1. The first-order valence-corrected chi connectivity index (χ1v) is 5.79. The lowest BCUT2D eigenvalue weighted by Crippen LogP contribution is -2.30. The monoisotopic (exact) mass is 240 g/mol. The van der Waals surface area contributed by atoms with E-state index in [9.17, 15) is 4.39 Å². The fourth-order valence-corrected chi connectivity index (χ4v) is 2.04. The Morgan fingerprint density at radius 3 is 3.12 bits per heavy atom. The van der Waals surface area contributed by atoms with Crippen molar-refractivity contribution in [2.45, 2.75) is 25.6 Å². The molecule has 1 aliphatic rings. The van der Waals surface area contributed by atoms with Crippen molar-refractivity contribution in [1.29, 1.82) is 0 Å². The van der Waals surface area contributed by atoms with Crippen LogP contribution in [0.3, 0.4) is 0 Å². The standard InChI is InChI=1S/C12H17FN2O2/c1-15(7-10-3-2-6-17-10)12-11(13)9(8-16)4-5-14-12/h4-5,10,16H,2-3,6-8H2,1H3. The molecule has 0 aliphatic carbocycles. The van der Waals surface area contributed by atoms with E-state index < -0.39 is 5.82 Å². The SMILES string of the molecule is CN(CC1CCCO1)c1nccc(CO)c1F. The molecule has 2 rings (SSSR count). The fourth-order valence-electron chi connectivity index (χ4n) is 2.04. The average molecular weight is 240 g/mol. The van der Waals surface area contributed by atoms with Gasteiger partial charge in [-0.1, -0.05) is 0 Å². The number of ether oxygens (including phenoxy) is 1. The van der Waals surface area contributed by atoms with Crippen LogP contribution in [0.5, 0.6) is 0 Å². The zero-order valence-corrected chi connectivity index (χ0v) is 9.90. The molecule has 0 bridgehead atoms. The van der Waals surface area contributed by atoms with E-state index in [4.69, 9.17) is 9.84 Å². The predicted molar refractivity (Wildman–Crippen MR) is 62.4 cm³/mol. The van der Waals surface area contributed by atoms with E-state index >= 15 is 0 Å². The van der Waals surface area contributed by atoms with Crippen molar-refractivity contribution >= 4 is 5.82 Å². The molecule has 1 fully saturated rings. The Labute approximate surface area is 100 Å². The molecule has 17 heavy (non-hydrogen) atoms. The van der Waals surface area contributed by atoms with Gasteiger partial charge in [-0.15, -0.1) is 0 Å². The molecular formula is C12H17FN2O2. The Bertz CT molecular complexity index is 381. The summed E-state index contributed by atoms with van der Waals surface area (Å²) in [5.74, 6) is -0.178. The maximum atomic E-state index is 13.9. The van der Waals surface area contributed by atoms with Crippen LogP contribution in [0.4, 0.5) is 10.2 Å². The van der Waals surface area contributed by atoms with Gasteiger partial charge >= 0.3 is 0 Å². The number of nitrogens with zero attached hydrogens (tertiary/aromatic N) is 2. The van der Waals surface area contributed by atoms with E-state index in [0.717, 1.165) is 19.4 Å². The highest BCUT2D eigenvalue weighted by Crippen LogP contribution is 2.21. The molecule has 1 aliphatic heterocycles. The predicted octanol–water partition coefficient (Wildman–Crippen LogP) is 1.33. The summed E-state index contributed by atoms with van der Waals surface area (Å²) in [4.78, 5) is 5.75. The number of aromatic nitrogens is 1. The molecule has 1 aromatic rings. The molecule has 2 heterocycles. The van der Waals surface area contributed by atoms with Crippen LogP contribution in [0.25, 0.3) is 0 Å². The molecule has 0 radical (unpaired) electrons. The van der Waals surface area contributed by atoms with Gasteiger partial charge in [0.15, 0.2) is 11.6 Å². The van der Waals surface area contributed by atoms with Gasteiger partial charge in [-0.05, 0) is 18.9 Å². The highest BCUT2D eigenvalue weighted by Gasteiger charge is 2.20. The molecular weight excluding hydrogens is 223 g/mol. The largest absolute Gasteiger partial charge is 0.392 e. The minimum atomic E-state index is -0.449. The summed E-state index contributed by atoms with van der Waals surface area (Å²) in [6, 6.07) is 1.48. The minimum Gasteiger partial charge on any atom is -0.392 e. The average Bonchev–Trinajstić information content (AvgIpc) is 2.82. The zero-order chi connectivity index (χ0) is 12.3. The Morgan fingerprint density at radius 2 is 2.47 bits per heavy atom. The first kappa shape index (κ1) is 12.3. The molecule has 1 unspecified atom stereocenters. The topological polar surface area (TPSA) is 45.6 Å². The fraction of sp³-hybridized carbons (Fsp3) is 0.583. The van der Waals surface area contributed by atoms with Crippen LogP contribution in [0, 0.1) is 5.82 Å². The molecule has 0 saturated carbocycles. The number of rotatable bonds is 4. The van der Waals surface area contributed by atoms with E-state index in [0.29, 0.717) is 6.54 Å². The lowest BCUT2D eigenvalue weighted by Gasteiger charge is -2.22. The van der Waals surface area contributed by atoms with Crippen LogP contribution in [-0.4, -0.2) is 36.4 Å². The summed E-state index contributed by atoms with van der Waals surface area (Å²) < 4.78 is 19.4. The van der Waals surface area contributed by atoms with Crippen molar-refractivity contribution in [3.05, 3.63) is 23.6 Å². The number of likely N-dealkylation sites (N-methyl/N-ethyl adjacent to an activating group) is 1.